The van der Waals surface area contributed by atoms with E-state index in [2.05, 4.69) is 18.7 Å². The Hall–Kier alpha value is -0.970. The summed E-state index contributed by atoms with van der Waals surface area (Å²) in [5.74, 6) is 0.965. The fourth-order valence-electron chi connectivity index (χ4n) is 3.16. The normalized spacial score (nSPS) is 18.5. The molecule has 0 spiro atoms. The molecule has 0 aliphatic carbocycles. The summed E-state index contributed by atoms with van der Waals surface area (Å²) in [4.78, 5) is 2.31. The van der Waals surface area contributed by atoms with Crippen LogP contribution in [0, 0.1) is 17.7 Å². The molecule has 0 saturated carbocycles. The summed E-state index contributed by atoms with van der Waals surface area (Å²) in [6.07, 6.45) is 2.76. The van der Waals surface area contributed by atoms with Gasteiger partial charge in [0.1, 0.15) is 5.82 Å². The number of piperidine rings is 1. The molecule has 0 amide bonds. The van der Waals surface area contributed by atoms with Gasteiger partial charge in [0.25, 0.3) is 0 Å². The molecule has 0 bridgehead atoms. The molecular weight excluding hydrogens is 293 g/mol. The van der Waals surface area contributed by atoms with Crippen molar-refractivity contribution in [2.24, 2.45) is 11.8 Å². The van der Waals surface area contributed by atoms with Gasteiger partial charge in [0.2, 0.25) is 0 Å². The molecule has 1 aliphatic heterocycles. The predicted octanol–water partition coefficient (Wildman–Crippen LogP) is 3.11. The third kappa shape index (κ3) is 6.98. The second-order valence-corrected chi connectivity index (χ2v) is 7.16. The number of ether oxygens (including phenoxy) is 1. The van der Waals surface area contributed by atoms with E-state index in [0.717, 1.165) is 37.9 Å². The molecule has 130 valence electrons. The number of rotatable bonds is 8. The van der Waals surface area contributed by atoms with Crippen LogP contribution in [0.5, 0.6) is 0 Å². The van der Waals surface area contributed by atoms with Crippen LogP contribution in [0.4, 0.5) is 4.39 Å². The van der Waals surface area contributed by atoms with Gasteiger partial charge >= 0.3 is 0 Å². The lowest BCUT2D eigenvalue weighted by atomic mass is 9.90. The standard InChI is InChI=1S/C19H30FNO2/c1-15(2)13-23-14-19(22)12-21-8-6-16(7-9-21)10-17-4-3-5-18(20)11-17/h3-5,11,15-16,19,22H,6-10,12-14H2,1-2H3. The van der Waals surface area contributed by atoms with E-state index in [-0.39, 0.29) is 5.82 Å². The topological polar surface area (TPSA) is 32.7 Å². The van der Waals surface area contributed by atoms with Gasteiger partial charge in [-0.2, -0.15) is 0 Å². The van der Waals surface area contributed by atoms with Gasteiger partial charge in [-0.3, -0.25) is 0 Å². The second-order valence-electron chi connectivity index (χ2n) is 7.16. The van der Waals surface area contributed by atoms with Gasteiger partial charge in [0, 0.05) is 13.2 Å². The zero-order valence-corrected chi connectivity index (χ0v) is 14.4. The Morgan fingerprint density at radius 2 is 2.00 bits per heavy atom. The highest BCUT2D eigenvalue weighted by Crippen LogP contribution is 2.22. The van der Waals surface area contributed by atoms with E-state index in [1.807, 2.05) is 6.07 Å². The molecule has 0 radical (unpaired) electrons. The van der Waals surface area contributed by atoms with E-state index in [1.165, 1.54) is 6.07 Å². The van der Waals surface area contributed by atoms with Gasteiger partial charge in [0.05, 0.1) is 12.7 Å². The zero-order valence-electron chi connectivity index (χ0n) is 14.4. The van der Waals surface area contributed by atoms with Crippen LogP contribution in [0.1, 0.15) is 32.3 Å². The number of β-amino-alcohol motifs (C(OH)–C–C–N with tert-alkyl or cyclic N) is 1. The number of benzene rings is 1. The van der Waals surface area contributed by atoms with E-state index in [9.17, 15) is 9.50 Å². The Balaban J connectivity index is 1.65. The number of aliphatic hydroxyl groups is 1. The fourth-order valence-corrected chi connectivity index (χ4v) is 3.16. The minimum absolute atomic E-state index is 0.149. The van der Waals surface area contributed by atoms with E-state index in [4.69, 9.17) is 4.74 Å². The van der Waals surface area contributed by atoms with Gasteiger partial charge in [-0.15, -0.1) is 0 Å². The highest BCUT2D eigenvalue weighted by Gasteiger charge is 2.21. The largest absolute Gasteiger partial charge is 0.389 e. The third-order valence-electron chi connectivity index (χ3n) is 4.35. The Kier molecular flexibility index (Phi) is 7.47. The van der Waals surface area contributed by atoms with Crippen LogP contribution < -0.4 is 0 Å². The van der Waals surface area contributed by atoms with Crippen molar-refractivity contribution in [3.8, 4) is 0 Å². The molecule has 2 rings (SSSR count). The van der Waals surface area contributed by atoms with Crippen LogP contribution in [0.2, 0.25) is 0 Å². The summed E-state index contributed by atoms with van der Waals surface area (Å²) in [6.45, 7) is 8.02. The van der Waals surface area contributed by atoms with Crippen molar-refractivity contribution in [3.63, 3.8) is 0 Å². The van der Waals surface area contributed by atoms with Crippen LogP contribution >= 0.6 is 0 Å². The van der Waals surface area contributed by atoms with Crippen molar-refractivity contribution in [2.75, 3.05) is 32.8 Å². The van der Waals surface area contributed by atoms with Crippen molar-refractivity contribution in [1.82, 2.24) is 4.90 Å². The summed E-state index contributed by atoms with van der Waals surface area (Å²) < 4.78 is 18.7. The van der Waals surface area contributed by atoms with Crippen LogP contribution in [0.3, 0.4) is 0 Å². The van der Waals surface area contributed by atoms with E-state index in [1.54, 1.807) is 12.1 Å². The smallest absolute Gasteiger partial charge is 0.123 e. The molecule has 3 nitrogen and oxygen atoms in total. The van der Waals surface area contributed by atoms with Gasteiger partial charge in [0.15, 0.2) is 0 Å². The lowest BCUT2D eigenvalue weighted by Crippen LogP contribution is -2.40. The summed E-state index contributed by atoms with van der Waals surface area (Å²) in [7, 11) is 0. The Labute approximate surface area is 139 Å². The molecule has 1 aromatic rings. The van der Waals surface area contributed by atoms with Crippen molar-refractivity contribution in [2.45, 2.75) is 39.2 Å². The quantitative estimate of drug-likeness (QED) is 0.798. The maximum absolute atomic E-state index is 13.2. The first-order valence-corrected chi connectivity index (χ1v) is 8.75. The second kappa shape index (κ2) is 9.36. The Morgan fingerprint density at radius 1 is 1.26 bits per heavy atom. The molecule has 1 aliphatic rings. The molecule has 1 N–H and O–H groups in total. The van der Waals surface area contributed by atoms with Crippen molar-refractivity contribution >= 4 is 0 Å². The lowest BCUT2D eigenvalue weighted by Gasteiger charge is -2.33. The summed E-state index contributed by atoms with van der Waals surface area (Å²) in [5, 5.41) is 10.0. The van der Waals surface area contributed by atoms with Gasteiger partial charge in [-0.05, 0) is 61.9 Å². The van der Waals surface area contributed by atoms with E-state index < -0.39 is 6.10 Å². The highest BCUT2D eigenvalue weighted by atomic mass is 19.1. The van der Waals surface area contributed by atoms with Crippen LogP contribution in [-0.4, -0.2) is 49.0 Å². The predicted molar refractivity (Wildman–Crippen MR) is 90.9 cm³/mol. The fraction of sp³-hybridized carbons (Fsp3) is 0.684. The molecule has 1 fully saturated rings. The third-order valence-corrected chi connectivity index (χ3v) is 4.35. The minimum Gasteiger partial charge on any atom is -0.389 e. The highest BCUT2D eigenvalue weighted by molar-refractivity contribution is 5.17. The first kappa shape index (κ1) is 18.4. The number of nitrogens with zero attached hydrogens (tertiary/aromatic N) is 1. The summed E-state index contributed by atoms with van der Waals surface area (Å²) >= 11 is 0. The summed E-state index contributed by atoms with van der Waals surface area (Å²) in [6, 6.07) is 6.93. The van der Waals surface area contributed by atoms with Crippen molar-refractivity contribution in [1.29, 1.82) is 0 Å². The maximum atomic E-state index is 13.2. The number of likely N-dealkylation sites (tertiary alicyclic amines) is 1. The lowest BCUT2D eigenvalue weighted by molar-refractivity contribution is 0.00307. The average molecular weight is 323 g/mol. The molecule has 4 heteroatoms. The van der Waals surface area contributed by atoms with Gasteiger partial charge in [-0.1, -0.05) is 26.0 Å². The minimum atomic E-state index is -0.409. The molecule has 1 heterocycles. The number of hydrogen-bond donors (Lipinski definition) is 1. The van der Waals surface area contributed by atoms with E-state index >= 15 is 0 Å². The monoisotopic (exact) mass is 323 g/mol. The van der Waals surface area contributed by atoms with Crippen LogP contribution in [-0.2, 0) is 11.2 Å². The summed E-state index contributed by atoms with van der Waals surface area (Å²) in [5.41, 5.74) is 1.09. The molecule has 1 saturated heterocycles. The van der Waals surface area contributed by atoms with Crippen molar-refractivity contribution < 1.29 is 14.2 Å². The Bertz CT molecular complexity index is 458. The molecular formula is C19H30FNO2. The number of halogens is 1. The number of hydrogen-bond acceptors (Lipinski definition) is 3. The first-order valence-electron chi connectivity index (χ1n) is 8.75. The van der Waals surface area contributed by atoms with Crippen LogP contribution in [0.15, 0.2) is 24.3 Å². The molecule has 1 aromatic carbocycles. The Morgan fingerprint density at radius 3 is 2.65 bits per heavy atom. The maximum Gasteiger partial charge on any atom is 0.123 e. The number of aliphatic hydroxyl groups excluding tert-OH is 1. The van der Waals surface area contributed by atoms with Crippen molar-refractivity contribution in [3.05, 3.63) is 35.6 Å². The average Bonchev–Trinajstić information content (AvgIpc) is 2.49. The van der Waals surface area contributed by atoms with E-state index in [0.29, 0.717) is 31.6 Å². The molecule has 23 heavy (non-hydrogen) atoms. The molecule has 0 aromatic heterocycles. The first-order chi connectivity index (χ1) is 11.0. The molecule has 1 unspecified atom stereocenters. The SMILES string of the molecule is CC(C)COCC(O)CN1CCC(Cc2cccc(F)c2)CC1. The van der Waals surface area contributed by atoms with Gasteiger partial charge < -0.3 is 14.7 Å². The zero-order chi connectivity index (χ0) is 16.7. The van der Waals surface area contributed by atoms with Crippen LogP contribution in [0.25, 0.3) is 0 Å². The van der Waals surface area contributed by atoms with Gasteiger partial charge in [-0.25, -0.2) is 4.39 Å². The molecule has 1 atom stereocenters.